The Balaban J connectivity index is 0.000000491. The average Bonchev–Trinajstić information content (AvgIpc) is 2.77. The number of fused-ring (bicyclic) bond motifs is 1. The third kappa shape index (κ3) is 6.34. The number of hydrogen-bond donors (Lipinski definition) is 0. The van der Waals surface area contributed by atoms with Gasteiger partial charge in [0, 0.05) is 5.56 Å². The fourth-order valence-corrected chi connectivity index (χ4v) is 3.58. The first-order valence-corrected chi connectivity index (χ1v) is 10.1. The number of piperazine rings is 1. The number of halogens is 4. The minimum atomic E-state index is -6.00. The number of ether oxygens (including phenoxy) is 1. The molecule has 0 bridgehead atoms. The normalized spacial score (nSPS) is 14.8. The van der Waals surface area contributed by atoms with Crippen LogP contribution in [0.5, 0.6) is 5.75 Å². The Kier molecular flexibility index (Phi) is 7.38. The van der Waals surface area contributed by atoms with E-state index in [-0.39, 0.29) is 0 Å². The molecular weight excluding hydrogens is 411 g/mol. The van der Waals surface area contributed by atoms with Crippen LogP contribution in [0.25, 0.3) is 22.3 Å². The first-order chi connectivity index (χ1) is 14.8. The van der Waals surface area contributed by atoms with Crippen molar-refractivity contribution in [2.24, 2.45) is 0 Å². The number of nitrogens with zero attached hydrogens (tertiary/aromatic N) is 2. The highest BCUT2D eigenvalue weighted by Crippen LogP contribution is 2.24. The van der Waals surface area contributed by atoms with Crippen molar-refractivity contribution >= 4 is 18.2 Å². The van der Waals surface area contributed by atoms with Gasteiger partial charge in [0.1, 0.15) is 17.1 Å². The van der Waals surface area contributed by atoms with E-state index < -0.39 is 7.25 Å². The van der Waals surface area contributed by atoms with Gasteiger partial charge in [-0.1, -0.05) is 19.1 Å². The lowest BCUT2D eigenvalue weighted by Crippen LogP contribution is -2.47. The van der Waals surface area contributed by atoms with Crippen molar-refractivity contribution in [3.8, 4) is 17.1 Å². The van der Waals surface area contributed by atoms with E-state index in [1.807, 2.05) is 36.4 Å². The first-order valence-electron chi connectivity index (χ1n) is 10.1. The number of methoxy groups -OCH3 is 1. The molecule has 0 unspecified atom stereocenters. The summed E-state index contributed by atoms with van der Waals surface area (Å²) in [6.07, 6.45) is 0. The predicted octanol–water partition coefficient (Wildman–Crippen LogP) is 4.52. The van der Waals surface area contributed by atoms with Crippen LogP contribution in [0.4, 0.5) is 17.3 Å². The minimum absolute atomic E-state index is 0.852. The molecule has 31 heavy (non-hydrogen) atoms. The molecule has 2 aromatic carbocycles. The molecule has 1 aliphatic heterocycles. The Bertz CT molecular complexity index is 1070. The largest absolute Gasteiger partial charge is 0.673 e. The van der Waals surface area contributed by atoms with Gasteiger partial charge in [0.15, 0.2) is 13.1 Å². The highest BCUT2D eigenvalue weighted by molar-refractivity contribution is 6.50. The van der Waals surface area contributed by atoms with Gasteiger partial charge < -0.3 is 26.4 Å². The molecule has 1 aliphatic rings. The zero-order chi connectivity index (χ0) is 22.4. The first kappa shape index (κ1) is 22.9. The molecule has 4 rings (SSSR count). The van der Waals surface area contributed by atoms with E-state index in [0.29, 0.717) is 0 Å². The molecule has 1 aromatic heterocycles. The van der Waals surface area contributed by atoms with E-state index in [1.54, 1.807) is 7.11 Å². The molecular formula is C22H25BF4N2O2. The molecule has 0 aliphatic carbocycles. The van der Waals surface area contributed by atoms with Crippen LogP contribution in [0.3, 0.4) is 0 Å². The van der Waals surface area contributed by atoms with Gasteiger partial charge in [-0.05, 0) is 42.9 Å². The fraction of sp³-hybridized carbons (Fsp3) is 0.318. The van der Waals surface area contributed by atoms with Gasteiger partial charge in [-0.15, -0.1) is 0 Å². The number of likely N-dealkylation sites (N-methyl/N-ethyl adjacent to an activating group) is 1. The van der Waals surface area contributed by atoms with Gasteiger partial charge in [-0.25, -0.2) is 4.58 Å². The topological polar surface area (TPSA) is 28.6 Å². The monoisotopic (exact) mass is 436 g/mol. The summed E-state index contributed by atoms with van der Waals surface area (Å²) < 4.78 is 53.0. The van der Waals surface area contributed by atoms with Crippen molar-refractivity contribution < 1.29 is 26.4 Å². The van der Waals surface area contributed by atoms with E-state index in [2.05, 4.69) is 34.6 Å². The van der Waals surface area contributed by atoms with Gasteiger partial charge in [0.05, 0.1) is 31.7 Å². The molecule has 0 N–H and O–H groups in total. The Morgan fingerprint density at radius 1 is 1.00 bits per heavy atom. The summed E-state index contributed by atoms with van der Waals surface area (Å²) in [5, 5.41) is 2.43. The fourth-order valence-electron chi connectivity index (χ4n) is 3.58. The summed E-state index contributed by atoms with van der Waals surface area (Å²) in [4.78, 5) is 2.50. The Morgan fingerprint density at radius 2 is 1.61 bits per heavy atom. The minimum Gasteiger partial charge on any atom is -0.497 e. The molecule has 1 fully saturated rings. The lowest BCUT2D eigenvalue weighted by atomic mass is 10.1. The van der Waals surface area contributed by atoms with Gasteiger partial charge in [0.25, 0.3) is 0 Å². The summed E-state index contributed by atoms with van der Waals surface area (Å²) in [5.41, 5.74) is 1.98. The summed E-state index contributed by atoms with van der Waals surface area (Å²) in [6.45, 7) is 7.65. The molecule has 2 heterocycles. The zero-order valence-electron chi connectivity index (χ0n) is 17.5. The van der Waals surface area contributed by atoms with Crippen molar-refractivity contribution in [1.82, 2.24) is 9.48 Å². The van der Waals surface area contributed by atoms with E-state index in [1.165, 1.54) is 10.7 Å². The molecule has 166 valence electrons. The standard InChI is InChI=1S/C22H25N2O2.BF4/c1-3-23-12-14-24(15-13-23)20-16-22(17-8-10-18(25-2)11-9-17)26-21-7-5-4-6-19(20)21;2-1(3,4)5/h4-11,16H,3,12-15H2,1-2H3;/q+1;-1. The molecule has 0 atom stereocenters. The van der Waals surface area contributed by atoms with Crippen molar-refractivity contribution in [2.75, 3.05) is 39.8 Å². The zero-order valence-corrected chi connectivity index (χ0v) is 17.5. The highest BCUT2D eigenvalue weighted by atomic mass is 19.5. The maximum Gasteiger partial charge on any atom is 0.673 e. The van der Waals surface area contributed by atoms with Crippen LogP contribution in [0.1, 0.15) is 6.92 Å². The highest BCUT2D eigenvalue weighted by Gasteiger charge is 2.21. The smallest absolute Gasteiger partial charge is 0.497 e. The second kappa shape index (κ2) is 10.0. The van der Waals surface area contributed by atoms with Crippen LogP contribution in [-0.4, -0.2) is 52.0 Å². The maximum absolute atomic E-state index is 9.75. The summed E-state index contributed by atoms with van der Waals surface area (Å²) >= 11 is 0. The number of rotatable bonds is 3. The number of para-hydroxylation sites is 1. The quantitative estimate of drug-likeness (QED) is 0.344. The second-order valence-electron chi connectivity index (χ2n) is 7.14. The van der Waals surface area contributed by atoms with Crippen LogP contribution < -0.4 is 14.7 Å². The average molecular weight is 436 g/mol. The molecule has 4 nitrogen and oxygen atoms in total. The third-order valence-electron chi connectivity index (χ3n) is 5.19. The van der Waals surface area contributed by atoms with E-state index in [0.717, 1.165) is 55.4 Å². The SMILES string of the molecule is CCN1CC[N+](=c2cc(-c3ccc(OC)cc3)oc3ccccc23)CC1.F[B-](F)(F)F. The van der Waals surface area contributed by atoms with Gasteiger partial charge >= 0.3 is 7.25 Å². The van der Waals surface area contributed by atoms with Gasteiger partial charge in [-0.2, -0.15) is 0 Å². The van der Waals surface area contributed by atoms with Crippen molar-refractivity contribution in [3.63, 3.8) is 0 Å². The van der Waals surface area contributed by atoms with Crippen LogP contribution in [0, 0.1) is 0 Å². The molecule has 0 saturated carbocycles. The van der Waals surface area contributed by atoms with Crippen LogP contribution in [0.2, 0.25) is 0 Å². The van der Waals surface area contributed by atoms with E-state index in [4.69, 9.17) is 9.15 Å². The molecule has 9 heteroatoms. The van der Waals surface area contributed by atoms with Gasteiger partial charge in [-0.3, -0.25) is 4.90 Å². The van der Waals surface area contributed by atoms with Crippen LogP contribution >= 0.6 is 0 Å². The number of hydrogen-bond acceptors (Lipinski definition) is 3. The number of benzene rings is 2. The third-order valence-corrected chi connectivity index (χ3v) is 5.19. The second-order valence-corrected chi connectivity index (χ2v) is 7.14. The summed E-state index contributed by atoms with van der Waals surface area (Å²) in [7, 11) is -4.32. The Morgan fingerprint density at radius 3 is 2.19 bits per heavy atom. The Hall–Kier alpha value is -2.81. The van der Waals surface area contributed by atoms with Crippen molar-refractivity contribution in [2.45, 2.75) is 6.92 Å². The lowest BCUT2D eigenvalue weighted by Gasteiger charge is -2.23. The maximum atomic E-state index is 9.75. The van der Waals surface area contributed by atoms with Crippen LogP contribution in [0.15, 0.2) is 59.0 Å². The Labute approximate surface area is 178 Å². The lowest BCUT2D eigenvalue weighted by molar-refractivity contribution is 0.234. The molecule has 3 aromatic rings. The van der Waals surface area contributed by atoms with Crippen molar-refractivity contribution in [1.29, 1.82) is 0 Å². The van der Waals surface area contributed by atoms with Crippen LogP contribution in [-0.2, 0) is 0 Å². The summed E-state index contributed by atoms with van der Waals surface area (Å²) in [6, 6.07) is 18.5. The molecule has 1 saturated heterocycles. The molecule has 0 radical (unpaired) electrons. The molecule has 0 spiro atoms. The molecule has 0 amide bonds. The summed E-state index contributed by atoms with van der Waals surface area (Å²) in [5.74, 6) is 1.74. The van der Waals surface area contributed by atoms with E-state index >= 15 is 0 Å². The van der Waals surface area contributed by atoms with E-state index in [9.17, 15) is 17.3 Å². The van der Waals surface area contributed by atoms with Crippen molar-refractivity contribution in [3.05, 3.63) is 60.0 Å². The predicted molar refractivity (Wildman–Crippen MR) is 116 cm³/mol. The van der Waals surface area contributed by atoms with Gasteiger partial charge in [0.2, 0.25) is 5.36 Å².